The topological polar surface area (TPSA) is 60.5 Å². The fraction of sp³-hybridized carbons (Fsp3) is 0.571. The molecule has 0 aliphatic heterocycles. The Hall–Kier alpha value is -1.62. The fourth-order valence-corrected chi connectivity index (χ4v) is 1.48. The molecule has 1 N–H and O–H groups in total. The van der Waals surface area contributed by atoms with Crippen molar-refractivity contribution in [1.82, 2.24) is 4.98 Å². The molecule has 0 fully saturated rings. The molecule has 0 amide bonds. The van der Waals surface area contributed by atoms with E-state index in [1.54, 1.807) is 12.3 Å². The molecular weight excluding hydrogens is 244 g/mol. The van der Waals surface area contributed by atoms with E-state index in [0.29, 0.717) is 11.6 Å². The maximum absolute atomic E-state index is 11.3. The Balaban J connectivity index is 2.27. The van der Waals surface area contributed by atoms with E-state index in [2.05, 4.69) is 28.9 Å². The van der Waals surface area contributed by atoms with Crippen LogP contribution in [0.1, 0.15) is 30.8 Å². The first-order chi connectivity index (χ1) is 9.13. The third kappa shape index (κ3) is 6.20. The molecule has 1 aromatic heterocycles. The molecule has 0 radical (unpaired) electrons. The summed E-state index contributed by atoms with van der Waals surface area (Å²) < 4.78 is 10.1. The average Bonchev–Trinajstić information content (AvgIpc) is 2.41. The van der Waals surface area contributed by atoms with Gasteiger partial charge in [-0.05, 0) is 24.5 Å². The molecule has 0 atom stereocenters. The predicted molar refractivity (Wildman–Crippen MR) is 74.3 cm³/mol. The highest BCUT2D eigenvalue weighted by Crippen LogP contribution is 2.08. The van der Waals surface area contributed by atoms with Crippen LogP contribution < -0.4 is 5.32 Å². The van der Waals surface area contributed by atoms with Crippen molar-refractivity contribution in [2.24, 2.45) is 5.92 Å². The zero-order chi connectivity index (χ0) is 14.1. The van der Waals surface area contributed by atoms with Gasteiger partial charge in [0, 0.05) is 31.6 Å². The number of nitrogens with one attached hydrogen (secondary N) is 1. The van der Waals surface area contributed by atoms with Gasteiger partial charge in [-0.25, -0.2) is 9.78 Å². The van der Waals surface area contributed by atoms with Gasteiger partial charge in [-0.2, -0.15) is 0 Å². The first kappa shape index (κ1) is 15.4. The lowest BCUT2D eigenvalue weighted by molar-refractivity contribution is 0.0594. The fourth-order valence-electron chi connectivity index (χ4n) is 1.48. The summed E-state index contributed by atoms with van der Waals surface area (Å²) in [6.45, 7) is 6.58. The second-order valence-corrected chi connectivity index (χ2v) is 4.67. The van der Waals surface area contributed by atoms with Crippen LogP contribution in [0.15, 0.2) is 18.3 Å². The number of aromatic nitrogens is 1. The number of pyridine rings is 1. The molecule has 0 bridgehead atoms. The van der Waals surface area contributed by atoms with E-state index >= 15 is 0 Å². The van der Waals surface area contributed by atoms with Crippen molar-refractivity contribution in [2.75, 3.05) is 32.2 Å². The van der Waals surface area contributed by atoms with Gasteiger partial charge < -0.3 is 14.8 Å². The summed E-state index contributed by atoms with van der Waals surface area (Å²) in [5.74, 6) is 0.139. The molecular formula is C14H22N2O3. The second kappa shape index (κ2) is 8.48. The number of carbonyl (C=O) groups excluding carboxylic acids is 1. The maximum atomic E-state index is 11.3. The standard InChI is InChI=1S/C14H22N2O3/c1-11(2)10-19-8-4-6-15-12-5-7-16-13(9-12)14(17)18-3/h5,7,9,11H,4,6,8,10H2,1-3H3,(H,15,16). The van der Waals surface area contributed by atoms with Gasteiger partial charge in [0.05, 0.1) is 7.11 Å². The first-order valence-electron chi connectivity index (χ1n) is 6.49. The number of methoxy groups -OCH3 is 1. The molecule has 0 aliphatic carbocycles. The van der Waals surface area contributed by atoms with E-state index < -0.39 is 5.97 Å². The third-order valence-electron chi connectivity index (χ3n) is 2.40. The van der Waals surface area contributed by atoms with Crippen LogP contribution in [0, 0.1) is 5.92 Å². The average molecular weight is 266 g/mol. The highest BCUT2D eigenvalue weighted by Gasteiger charge is 2.06. The van der Waals surface area contributed by atoms with Crippen molar-refractivity contribution >= 4 is 11.7 Å². The summed E-state index contributed by atoms with van der Waals surface area (Å²) in [5, 5.41) is 3.22. The van der Waals surface area contributed by atoms with Gasteiger partial charge in [0.15, 0.2) is 0 Å². The number of esters is 1. The number of anilines is 1. The van der Waals surface area contributed by atoms with E-state index in [9.17, 15) is 4.79 Å². The Morgan fingerprint density at radius 1 is 1.47 bits per heavy atom. The molecule has 19 heavy (non-hydrogen) atoms. The van der Waals surface area contributed by atoms with Crippen LogP contribution in [0.5, 0.6) is 0 Å². The van der Waals surface area contributed by atoms with E-state index in [1.165, 1.54) is 7.11 Å². The maximum Gasteiger partial charge on any atom is 0.356 e. The van der Waals surface area contributed by atoms with Gasteiger partial charge in [-0.3, -0.25) is 0 Å². The SMILES string of the molecule is COC(=O)c1cc(NCCCOCC(C)C)ccn1. The Morgan fingerprint density at radius 2 is 2.26 bits per heavy atom. The van der Waals surface area contributed by atoms with Crippen LogP contribution in [0.2, 0.25) is 0 Å². The minimum absolute atomic E-state index is 0.309. The summed E-state index contributed by atoms with van der Waals surface area (Å²) in [6, 6.07) is 3.50. The molecule has 1 heterocycles. The zero-order valence-corrected chi connectivity index (χ0v) is 11.8. The lowest BCUT2D eigenvalue weighted by atomic mass is 10.2. The number of nitrogens with zero attached hydrogens (tertiary/aromatic N) is 1. The Kier molecular flexibility index (Phi) is 6.89. The van der Waals surface area contributed by atoms with Gasteiger partial charge in [0.2, 0.25) is 0 Å². The summed E-state index contributed by atoms with van der Waals surface area (Å²) in [4.78, 5) is 15.3. The predicted octanol–water partition coefficient (Wildman–Crippen LogP) is 2.34. The van der Waals surface area contributed by atoms with Crippen molar-refractivity contribution in [3.8, 4) is 0 Å². The van der Waals surface area contributed by atoms with Gasteiger partial charge >= 0.3 is 5.97 Å². The molecule has 1 rings (SSSR count). The largest absolute Gasteiger partial charge is 0.464 e. The van der Waals surface area contributed by atoms with Crippen LogP contribution in [-0.4, -0.2) is 37.8 Å². The molecule has 0 aliphatic rings. The van der Waals surface area contributed by atoms with Gasteiger partial charge in [-0.15, -0.1) is 0 Å². The number of ether oxygens (including phenoxy) is 2. The monoisotopic (exact) mass is 266 g/mol. The molecule has 0 aromatic carbocycles. The van der Waals surface area contributed by atoms with Crippen molar-refractivity contribution < 1.29 is 14.3 Å². The van der Waals surface area contributed by atoms with Gasteiger partial charge in [-0.1, -0.05) is 13.8 Å². The molecule has 0 spiro atoms. The van der Waals surface area contributed by atoms with E-state index in [4.69, 9.17) is 4.74 Å². The smallest absolute Gasteiger partial charge is 0.356 e. The van der Waals surface area contributed by atoms with Crippen molar-refractivity contribution in [3.05, 3.63) is 24.0 Å². The van der Waals surface area contributed by atoms with Crippen molar-refractivity contribution in [2.45, 2.75) is 20.3 Å². The van der Waals surface area contributed by atoms with Crippen LogP contribution in [0.25, 0.3) is 0 Å². The first-order valence-corrected chi connectivity index (χ1v) is 6.49. The van der Waals surface area contributed by atoms with Crippen LogP contribution in [-0.2, 0) is 9.47 Å². The van der Waals surface area contributed by atoms with E-state index in [0.717, 1.165) is 31.9 Å². The molecule has 5 heteroatoms. The summed E-state index contributed by atoms with van der Waals surface area (Å²) >= 11 is 0. The number of hydrogen-bond donors (Lipinski definition) is 1. The van der Waals surface area contributed by atoms with E-state index in [1.807, 2.05) is 6.07 Å². The number of rotatable bonds is 8. The third-order valence-corrected chi connectivity index (χ3v) is 2.40. The summed E-state index contributed by atoms with van der Waals surface area (Å²) in [6.07, 6.45) is 2.51. The molecule has 0 unspecified atom stereocenters. The van der Waals surface area contributed by atoms with Crippen molar-refractivity contribution in [3.63, 3.8) is 0 Å². The highest BCUT2D eigenvalue weighted by atomic mass is 16.5. The highest BCUT2D eigenvalue weighted by molar-refractivity contribution is 5.88. The normalized spacial score (nSPS) is 10.5. The minimum atomic E-state index is -0.427. The lowest BCUT2D eigenvalue weighted by Gasteiger charge is -2.09. The lowest BCUT2D eigenvalue weighted by Crippen LogP contribution is -2.09. The van der Waals surface area contributed by atoms with E-state index in [-0.39, 0.29) is 0 Å². The molecule has 106 valence electrons. The Labute approximate surface area is 114 Å². The zero-order valence-electron chi connectivity index (χ0n) is 11.8. The number of carbonyl (C=O) groups is 1. The van der Waals surface area contributed by atoms with Crippen LogP contribution in [0.3, 0.4) is 0 Å². The van der Waals surface area contributed by atoms with Gasteiger partial charge in [0.25, 0.3) is 0 Å². The quantitative estimate of drug-likeness (QED) is 0.578. The molecule has 0 saturated carbocycles. The van der Waals surface area contributed by atoms with Crippen LogP contribution >= 0.6 is 0 Å². The summed E-state index contributed by atoms with van der Waals surface area (Å²) in [7, 11) is 1.34. The molecule has 5 nitrogen and oxygen atoms in total. The molecule has 0 saturated heterocycles. The number of hydrogen-bond acceptors (Lipinski definition) is 5. The summed E-state index contributed by atoms with van der Waals surface area (Å²) in [5.41, 5.74) is 1.17. The van der Waals surface area contributed by atoms with Gasteiger partial charge in [0.1, 0.15) is 5.69 Å². The minimum Gasteiger partial charge on any atom is -0.464 e. The molecule has 1 aromatic rings. The van der Waals surface area contributed by atoms with Crippen LogP contribution in [0.4, 0.5) is 5.69 Å². The van der Waals surface area contributed by atoms with Crippen molar-refractivity contribution in [1.29, 1.82) is 0 Å². The Bertz CT molecular complexity index is 394. The second-order valence-electron chi connectivity index (χ2n) is 4.67. The Morgan fingerprint density at radius 3 is 2.95 bits per heavy atom.